The monoisotopic (exact) mass is 357 g/mol. The largest absolute Gasteiger partial charge is 0.384 e. The van der Waals surface area contributed by atoms with E-state index in [1.807, 2.05) is 19.4 Å². The first-order valence-electron chi connectivity index (χ1n) is 10.1. The topological polar surface area (TPSA) is 45.7 Å². The summed E-state index contributed by atoms with van der Waals surface area (Å²) >= 11 is 0. The number of piperidine rings is 1. The summed E-state index contributed by atoms with van der Waals surface area (Å²) in [6.07, 6.45) is 7.37. The van der Waals surface area contributed by atoms with Gasteiger partial charge in [0.1, 0.15) is 0 Å². The van der Waals surface area contributed by atoms with Gasteiger partial charge in [0.05, 0.1) is 12.3 Å². The van der Waals surface area contributed by atoms with Crippen LogP contribution in [0.4, 0.5) is 0 Å². The number of nitrogens with zero attached hydrogens (tertiary/aromatic N) is 3. The van der Waals surface area contributed by atoms with E-state index in [4.69, 9.17) is 4.74 Å². The molecule has 3 heterocycles. The average molecular weight is 357 g/mol. The molecule has 2 aliphatic heterocycles. The smallest absolute Gasteiger partial charge is 0.222 e. The molecule has 3 fully saturated rings. The molecule has 1 aromatic rings. The zero-order valence-corrected chi connectivity index (χ0v) is 15.9. The van der Waals surface area contributed by atoms with Crippen molar-refractivity contribution in [2.45, 2.75) is 38.6 Å². The zero-order valence-electron chi connectivity index (χ0n) is 15.9. The molecule has 0 aromatic carbocycles. The fourth-order valence-corrected chi connectivity index (χ4v) is 4.88. The van der Waals surface area contributed by atoms with Gasteiger partial charge in [0.15, 0.2) is 0 Å². The molecule has 1 amide bonds. The number of likely N-dealkylation sites (tertiary alicyclic amines) is 2. The van der Waals surface area contributed by atoms with Crippen LogP contribution in [0.3, 0.4) is 0 Å². The van der Waals surface area contributed by atoms with Gasteiger partial charge in [-0.15, -0.1) is 0 Å². The highest BCUT2D eigenvalue weighted by atomic mass is 16.5. The second-order valence-corrected chi connectivity index (χ2v) is 8.53. The highest BCUT2D eigenvalue weighted by molar-refractivity contribution is 5.76. The molecule has 4 rings (SSSR count). The first-order chi connectivity index (χ1) is 12.7. The van der Waals surface area contributed by atoms with Crippen molar-refractivity contribution in [1.82, 2.24) is 14.8 Å². The lowest BCUT2D eigenvalue weighted by Gasteiger charge is -2.42. The molecule has 26 heavy (non-hydrogen) atoms. The number of carbonyl (C=O) groups is 1. The van der Waals surface area contributed by atoms with E-state index in [9.17, 15) is 4.79 Å². The van der Waals surface area contributed by atoms with Crippen LogP contribution in [0.15, 0.2) is 24.4 Å². The fourth-order valence-electron chi connectivity index (χ4n) is 4.88. The molecule has 0 N–H and O–H groups in total. The normalized spacial score (nSPS) is 25.7. The summed E-state index contributed by atoms with van der Waals surface area (Å²) in [5, 5.41) is 0. The molecule has 0 bridgehead atoms. The van der Waals surface area contributed by atoms with Gasteiger partial charge in [-0.2, -0.15) is 0 Å². The predicted molar refractivity (Wildman–Crippen MR) is 100 cm³/mol. The standard InChI is InChI=1S/C21H31N3O2/c1-26-15-18-13-23(14-19-4-2-3-9-22-19)16-21(18)7-10-24(11-8-21)20(25)12-17-5-6-17/h2-4,9,17-18H,5-8,10-16H2,1H3. The van der Waals surface area contributed by atoms with Crippen LogP contribution < -0.4 is 0 Å². The highest BCUT2D eigenvalue weighted by Gasteiger charge is 2.48. The van der Waals surface area contributed by atoms with Gasteiger partial charge in [-0.3, -0.25) is 14.7 Å². The van der Waals surface area contributed by atoms with Crippen molar-refractivity contribution in [2.75, 3.05) is 39.9 Å². The number of carbonyl (C=O) groups excluding carboxylic acids is 1. The Hall–Kier alpha value is -1.46. The van der Waals surface area contributed by atoms with Gasteiger partial charge in [-0.1, -0.05) is 6.07 Å². The third kappa shape index (κ3) is 3.94. The van der Waals surface area contributed by atoms with Crippen molar-refractivity contribution in [3.05, 3.63) is 30.1 Å². The zero-order chi connectivity index (χ0) is 18.0. The maximum atomic E-state index is 12.4. The second kappa shape index (κ2) is 7.65. The van der Waals surface area contributed by atoms with Gasteiger partial charge in [0.25, 0.3) is 0 Å². The van der Waals surface area contributed by atoms with Gasteiger partial charge in [0.2, 0.25) is 5.91 Å². The third-order valence-corrected chi connectivity index (χ3v) is 6.63. The quantitative estimate of drug-likeness (QED) is 0.785. The van der Waals surface area contributed by atoms with Crippen LogP contribution >= 0.6 is 0 Å². The summed E-state index contributed by atoms with van der Waals surface area (Å²) in [6, 6.07) is 6.14. The van der Waals surface area contributed by atoms with Crippen molar-refractivity contribution in [3.63, 3.8) is 0 Å². The van der Waals surface area contributed by atoms with E-state index in [0.717, 1.165) is 64.3 Å². The Balaban J connectivity index is 1.38. The van der Waals surface area contributed by atoms with Crippen LogP contribution in [0.25, 0.3) is 0 Å². The lowest BCUT2D eigenvalue weighted by Crippen LogP contribution is -2.47. The molecule has 1 spiro atoms. The first kappa shape index (κ1) is 17.9. The molecular formula is C21H31N3O2. The van der Waals surface area contributed by atoms with E-state index in [1.165, 1.54) is 12.8 Å². The molecule has 1 aliphatic carbocycles. The van der Waals surface area contributed by atoms with Crippen LogP contribution in [0.2, 0.25) is 0 Å². The number of ether oxygens (including phenoxy) is 1. The van der Waals surface area contributed by atoms with Gasteiger partial charge in [0, 0.05) is 58.4 Å². The summed E-state index contributed by atoms with van der Waals surface area (Å²) in [7, 11) is 1.81. The number of hydrogen-bond acceptors (Lipinski definition) is 4. The Morgan fingerprint density at radius 3 is 2.77 bits per heavy atom. The maximum absolute atomic E-state index is 12.4. The van der Waals surface area contributed by atoms with Gasteiger partial charge in [-0.25, -0.2) is 0 Å². The minimum Gasteiger partial charge on any atom is -0.384 e. The van der Waals surface area contributed by atoms with Crippen LogP contribution in [0.5, 0.6) is 0 Å². The second-order valence-electron chi connectivity index (χ2n) is 8.53. The summed E-state index contributed by atoms with van der Waals surface area (Å²) in [6.45, 7) is 5.73. The Bertz CT molecular complexity index is 609. The summed E-state index contributed by atoms with van der Waals surface area (Å²) in [5.74, 6) is 1.62. The highest BCUT2D eigenvalue weighted by Crippen LogP contribution is 2.45. The van der Waals surface area contributed by atoms with Crippen molar-refractivity contribution >= 4 is 5.91 Å². The van der Waals surface area contributed by atoms with E-state index in [2.05, 4.69) is 26.9 Å². The van der Waals surface area contributed by atoms with E-state index in [1.54, 1.807) is 0 Å². The molecule has 142 valence electrons. The molecule has 1 aromatic heterocycles. The number of amides is 1. The third-order valence-electron chi connectivity index (χ3n) is 6.63. The van der Waals surface area contributed by atoms with E-state index in [0.29, 0.717) is 23.2 Å². The lowest BCUT2D eigenvalue weighted by molar-refractivity contribution is -0.134. The Kier molecular flexibility index (Phi) is 5.28. The Morgan fingerprint density at radius 2 is 2.12 bits per heavy atom. The number of hydrogen-bond donors (Lipinski definition) is 0. The number of methoxy groups -OCH3 is 1. The summed E-state index contributed by atoms with van der Waals surface area (Å²) in [5.41, 5.74) is 1.43. The van der Waals surface area contributed by atoms with Crippen LogP contribution in [0, 0.1) is 17.3 Å². The number of rotatable bonds is 6. The van der Waals surface area contributed by atoms with E-state index in [-0.39, 0.29) is 0 Å². The van der Waals surface area contributed by atoms with Gasteiger partial charge >= 0.3 is 0 Å². The van der Waals surface area contributed by atoms with E-state index < -0.39 is 0 Å². The Labute approximate surface area is 156 Å². The van der Waals surface area contributed by atoms with E-state index >= 15 is 0 Å². The van der Waals surface area contributed by atoms with Crippen molar-refractivity contribution < 1.29 is 9.53 Å². The first-order valence-corrected chi connectivity index (χ1v) is 10.1. The maximum Gasteiger partial charge on any atom is 0.222 e. The fraction of sp³-hybridized carbons (Fsp3) is 0.714. The molecule has 0 radical (unpaired) electrons. The van der Waals surface area contributed by atoms with Crippen LogP contribution in [0.1, 0.15) is 37.8 Å². The molecule has 3 aliphatic rings. The molecular weight excluding hydrogens is 326 g/mol. The molecule has 1 unspecified atom stereocenters. The molecule has 1 saturated carbocycles. The predicted octanol–water partition coefficient (Wildman–Crippen LogP) is 2.57. The molecule has 2 saturated heterocycles. The lowest BCUT2D eigenvalue weighted by atomic mass is 9.71. The average Bonchev–Trinajstić information content (AvgIpc) is 3.41. The van der Waals surface area contributed by atoms with Gasteiger partial charge in [-0.05, 0) is 49.1 Å². The van der Waals surface area contributed by atoms with Crippen molar-refractivity contribution in [1.29, 1.82) is 0 Å². The minimum atomic E-state index is 0.293. The van der Waals surface area contributed by atoms with Crippen molar-refractivity contribution in [2.24, 2.45) is 17.3 Å². The summed E-state index contributed by atoms with van der Waals surface area (Å²) < 4.78 is 5.56. The van der Waals surface area contributed by atoms with Crippen LogP contribution in [-0.4, -0.2) is 60.6 Å². The Morgan fingerprint density at radius 1 is 1.31 bits per heavy atom. The SMILES string of the molecule is COCC1CN(Cc2ccccn2)CC12CCN(C(=O)CC1CC1)CC2. The molecule has 5 heteroatoms. The number of aromatic nitrogens is 1. The number of pyridine rings is 1. The van der Waals surface area contributed by atoms with Crippen LogP contribution in [-0.2, 0) is 16.1 Å². The molecule has 1 atom stereocenters. The summed E-state index contributed by atoms with van der Waals surface area (Å²) in [4.78, 5) is 21.6. The van der Waals surface area contributed by atoms with Gasteiger partial charge < -0.3 is 9.64 Å². The van der Waals surface area contributed by atoms with Crippen molar-refractivity contribution in [3.8, 4) is 0 Å². The molecule has 5 nitrogen and oxygen atoms in total. The minimum absolute atomic E-state index is 0.293.